The minimum atomic E-state index is 0.534. The molecule has 0 radical (unpaired) electrons. The average Bonchev–Trinajstić information content (AvgIpc) is 3.00. The highest BCUT2D eigenvalue weighted by Gasteiger charge is 2.34. The van der Waals surface area contributed by atoms with Gasteiger partial charge < -0.3 is 5.11 Å². The molecule has 0 bridgehead atoms. The molecule has 2 aliphatic carbocycles. The largest absolute Gasteiger partial charge is 0.508 e. The summed E-state index contributed by atoms with van der Waals surface area (Å²) in [5.74, 6) is 1.98. The highest BCUT2D eigenvalue weighted by Crippen LogP contribution is 2.51. The number of rotatable bonds is 2. The maximum Gasteiger partial charge on any atom is 0.119 e. The molecule has 0 aliphatic heterocycles. The molecule has 0 spiro atoms. The Kier molecular flexibility index (Phi) is 1.43. The van der Waals surface area contributed by atoms with Gasteiger partial charge in [-0.2, -0.15) is 0 Å². The van der Waals surface area contributed by atoms with Crippen molar-refractivity contribution in [2.24, 2.45) is 0 Å². The average molecular weight is 174 g/mol. The second-order valence-corrected chi connectivity index (χ2v) is 4.33. The van der Waals surface area contributed by atoms with Crippen molar-refractivity contribution in [2.75, 3.05) is 0 Å². The maximum absolute atomic E-state index is 9.78. The summed E-state index contributed by atoms with van der Waals surface area (Å²) in [5, 5.41) is 9.78. The van der Waals surface area contributed by atoms with Crippen molar-refractivity contribution >= 4 is 0 Å². The fourth-order valence-corrected chi connectivity index (χ4v) is 2.14. The number of hydrogen-bond acceptors (Lipinski definition) is 1. The molecule has 1 aromatic carbocycles. The van der Waals surface area contributed by atoms with E-state index < -0.39 is 0 Å². The second kappa shape index (κ2) is 2.50. The normalized spacial score (nSPS) is 21.8. The Morgan fingerprint density at radius 2 is 1.69 bits per heavy atom. The molecular weight excluding hydrogens is 160 g/mol. The first-order chi connectivity index (χ1) is 6.36. The van der Waals surface area contributed by atoms with E-state index in [2.05, 4.69) is 6.07 Å². The van der Waals surface area contributed by atoms with Crippen molar-refractivity contribution in [3.05, 3.63) is 29.3 Å². The molecule has 0 heterocycles. The summed E-state index contributed by atoms with van der Waals surface area (Å²) in [5.41, 5.74) is 2.70. The van der Waals surface area contributed by atoms with Crippen molar-refractivity contribution in [1.29, 1.82) is 0 Å². The summed E-state index contributed by atoms with van der Waals surface area (Å²) in [7, 11) is 0. The zero-order chi connectivity index (χ0) is 8.84. The quantitative estimate of drug-likeness (QED) is 0.730. The molecule has 13 heavy (non-hydrogen) atoms. The Morgan fingerprint density at radius 3 is 2.31 bits per heavy atom. The van der Waals surface area contributed by atoms with E-state index in [1.165, 1.54) is 36.8 Å². The number of phenols is 1. The summed E-state index contributed by atoms with van der Waals surface area (Å²) < 4.78 is 0. The summed E-state index contributed by atoms with van der Waals surface area (Å²) >= 11 is 0. The van der Waals surface area contributed by atoms with Gasteiger partial charge in [0.25, 0.3) is 0 Å². The Hall–Kier alpha value is -0.980. The molecular formula is C12H14O. The standard InChI is InChI=1S/C12H14O/c13-11-3-1-2-10(8-4-5-8)12(11)9-6-7-9/h1-3,8-9,13H,4-7H2. The summed E-state index contributed by atoms with van der Waals surface area (Å²) in [6.07, 6.45) is 5.20. The van der Waals surface area contributed by atoms with Crippen molar-refractivity contribution in [2.45, 2.75) is 37.5 Å². The van der Waals surface area contributed by atoms with Crippen LogP contribution in [0.15, 0.2) is 18.2 Å². The molecule has 0 atom stereocenters. The lowest BCUT2D eigenvalue weighted by Crippen LogP contribution is -1.90. The van der Waals surface area contributed by atoms with Gasteiger partial charge in [0.1, 0.15) is 5.75 Å². The van der Waals surface area contributed by atoms with Gasteiger partial charge >= 0.3 is 0 Å². The van der Waals surface area contributed by atoms with E-state index in [9.17, 15) is 5.11 Å². The van der Waals surface area contributed by atoms with Crippen LogP contribution in [0.4, 0.5) is 0 Å². The molecule has 2 fully saturated rings. The molecule has 2 aliphatic rings. The predicted octanol–water partition coefficient (Wildman–Crippen LogP) is 3.15. The van der Waals surface area contributed by atoms with Gasteiger partial charge in [-0.25, -0.2) is 0 Å². The molecule has 3 rings (SSSR count). The van der Waals surface area contributed by atoms with Crippen molar-refractivity contribution in [3.63, 3.8) is 0 Å². The molecule has 1 N–H and O–H groups in total. The number of phenolic OH excluding ortho intramolecular Hbond substituents is 1. The Morgan fingerprint density at radius 1 is 1.00 bits per heavy atom. The van der Waals surface area contributed by atoms with Gasteiger partial charge in [-0.15, -0.1) is 0 Å². The van der Waals surface area contributed by atoms with Gasteiger partial charge in [0.05, 0.1) is 0 Å². The molecule has 0 aromatic heterocycles. The van der Waals surface area contributed by atoms with Crippen LogP contribution in [0.2, 0.25) is 0 Å². The topological polar surface area (TPSA) is 20.2 Å². The number of hydrogen-bond donors (Lipinski definition) is 1. The zero-order valence-corrected chi connectivity index (χ0v) is 7.66. The van der Waals surface area contributed by atoms with Crippen LogP contribution in [0, 0.1) is 0 Å². The van der Waals surface area contributed by atoms with Crippen molar-refractivity contribution < 1.29 is 5.11 Å². The lowest BCUT2D eigenvalue weighted by molar-refractivity contribution is 0.467. The third-order valence-corrected chi connectivity index (χ3v) is 3.12. The van der Waals surface area contributed by atoms with E-state index in [1.54, 1.807) is 0 Å². The van der Waals surface area contributed by atoms with Gasteiger partial charge in [-0.3, -0.25) is 0 Å². The Balaban J connectivity index is 2.09. The van der Waals surface area contributed by atoms with Crippen LogP contribution < -0.4 is 0 Å². The van der Waals surface area contributed by atoms with Crippen LogP contribution in [0.25, 0.3) is 0 Å². The van der Waals surface area contributed by atoms with Crippen LogP contribution in [-0.2, 0) is 0 Å². The lowest BCUT2D eigenvalue weighted by Gasteiger charge is -2.09. The maximum atomic E-state index is 9.78. The van der Waals surface area contributed by atoms with Crippen molar-refractivity contribution in [1.82, 2.24) is 0 Å². The minimum absolute atomic E-state index is 0.534. The third kappa shape index (κ3) is 1.23. The molecule has 1 aromatic rings. The molecule has 2 saturated carbocycles. The van der Waals surface area contributed by atoms with E-state index in [0.29, 0.717) is 11.7 Å². The van der Waals surface area contributed by atoms with Gasteiger partial charge in [-0.05, 0) is 49.1 Å². The Bertz CT molecular complexity index is 335. The molecule has 68 valence electrons. The third-order valence-electron chi connectivity index (χ3n) is 3.12. The van der Waals surface area contributed by atoms with E-state index in [1.807, 2.05) is 12.1 Å². The molecule has 0 amide bonds. The monoisotopic (exact) mass is 174 g/mol. The lowest BCUT2D eigenvalue weighted by atomic mass is 9.98. The van der Waals surface area contributed by atoms with Gasteiger partial charge in [-0.1, -0.05) is 12.1 Å². The second-order valence-electron chi connectivity index (χ2n) is 4.33. The van der Waals surface area contributed by atoms with Crippen LogP contribution in [0.5, 0.6) is 5.75 Å². The van der Waals surface area contributed by atoms with Crippen LogP contribution in [0.1, 0.15) is 48.6 Å². The molecule has 1 heteroatoms. The number of aromatic hydroxyl groups is 1. The van der Waals surface area contributed by atoms with Crippen LogP contribution >= 0.6 is 0 Å². The summed E-state index contributed by atoms with van der Waals surface area (Å²) in [6, 6.07) is 6.01. The summed E-state index contributed by atoms with van der Waals surface area (Å²) in [4.78, 5) is 0. The molecule has 0 saturated heterocycles. The van der Waals surface area contributed by atoms with E-state index in [-0.39, 0.29) is 0 Å². The van der Waals surface area contributed by atoms with E-state index in [0.717, 1.165) is 5.92 Å². The Labute approximate surface area is 78.4 Å². The smallest absolute Gasteiger partial charge is 0.119 e. The number of benzene rings is 1. The highest BCUT2D eigenvalue weighted by atomic mass is 16.3. The summed E-state index contributed by atoms with van der Waals surface area (Å²) in [6.45, 7) is 0. The first-order valence-electron chi connectivity index (χ1n) is 5.18. The minimum Gasteiger partial charge on any atom is -0.508 e. The predicted molar refractivity (Wildman–Crippen MR) is 52.1 cm³/mol. The zero-order valence-electron chi connectivity index (χ0n) is 7.66. The molecule has 1 nitrogen and oxygen atoms in total. The fourth-order valence-electron chi connectivity index (χ4n) is 2.14. The van der Waals surface area contributed by atoms with Gasteiger partial charge in [0.15, 0.2) is 0 Å². The van der Waals surface area contributed by atoms with Gasteiger partial charge in [0.2, 0.25) is 0 Å². The first-order valence-corrected chi connectivity index (χ1v) is 5.18. The molecule has 0 unspecified atom stereocenters. The van der Waals surface area contributed by atoms with Crippen molar-refractivity contribution in [3.8, 4) is 5.75 Å². The SMILES string of the molecule is Oc1cccc(C2CC2)c1C1CC1. The van der Waals surface area contributed by atoms with Crippen LogP contribution in [-0.4, -0.2) is 5.11 Å². The van der Waals surface area contributed by atoms with E-state index >= 15 is 0 Å². The van der Waals surface area contributed by atoms with Gasteiger partial charge in [0, 0.05) is 5.56 Å². The fraction of sp³-hybridized carbons (Fsp3) is 0.500. The van der Waals surface area contributed by atoms with E-state index in [4.69, 9.17) is 0 Å². The van der Waals surface area contributed by atoms with Crippen LogP contribution in [0.3, 0.4) is 0 Å². The first kappa shape index (κ1) is 7.43. The highest BCUT2D eigenvalue weighted by molar-refractivity contribution is 5.46.